The molecule has 1 heterocycles. The number of rotatable bonds is 4. The maximum atomic E-state index is 12.1. The fourth-order valence-corrected chi connectivity index (χ4v) is 3.05. The Morgan fingerprint density at radius 2 is 1.77 bits per heavy atom. The van der Waals surface area contributed by atoms with E-state index in [0.717, 1.165) is 5.56 Å². The van der Waals surface area contributed by atoms with Gasteiger partial charge in [0.1, 0.15) is 0 Å². The summed E-state index contributed by atoms with van der Waals surface area (Å²) in [4.78, 5) is 12.1. The van der Waals surface area contributed by atoms with Crippen molar-refractivity contribution in [3.05, 3.63) is 73.8 Å². The van der Waals surface area contributed by atoms with Crippen LogP contribution in [-0.4, -0.2) is 15.8 Å². The SMILES string of the molecule is O=C(Nc1ccc(Cl)cc1)Nc1nn(Cc2ccc(Cl)c(Cl)c2)cc1Br. The summed E-state index contributed by atoms with van der Waals surface area (Å²) in [6.45, 7) is 0.482. The Morgan fingerprint density at radius 1 is 1.04 bits per heavy atom. The fraction of sp³-hybridized carbons (Fsp3) is 0.0588. The van der Waals surface area contributed by atoms with Gasteiger partial charge in [-0.15, -0.1) is 0 Å². The van der Waals surface area contributed by atoms with Crippen molar-refractivity contribution >= 4 is 68.3 Å². The average molecular weight is 475 g/mol. The van der Waals surface area contributed by atoms with Crippen LogP contribution in [0.2, 0.25) is 15.1 Å². The highest BCUT2D eigenvalue weighted by atomic mass is 79.9. The van der Waals surface area contributed by atoms with Gasteiger partial charge in [-0.2, -0.15) is 5.10 Å². The molecule has 134 valence electrons. The van der Waals surface area contributed by atoms with Gasteiger partial charge >= 0.3 is 6.03 Å². The first-order valence-corrected chi connectivity index (χ1v) is 9.34. The molecule has 1 aromatic heterocycles. The first-order chi connectivity index (χ1) is 12.4. The van der Waals surface area contributed by atoms with Crippen molar-refractivity contribution in [2.75, 3.05) is 10.6 Å². The molecule has 0 fully saturated rings. The van der Waals surface area contributed by atoms with E-state index in [1.807, 2.05) is 6.07 Å². The van der Waals surface area contributed by atoms with Gasteiger partial charge in [0, 0.05) is 16.9 Å². The third-order valence-corrected chi connectivity index (χ3v) is 4.95. The number of anilines is 2. The molecule has 0 aliphatic rings. The van der Waals surface area contributed by atoms with Crippen molar-refractivity contribution in [3.63, 3.8) is 0 Å². The molecule has 0 radical (unpaired) electrons. The zero-order valence-electron chi connectivity index (χ0n) is 13.1. The minimum absolute atomic E-state index is 0.400. The Balaban J connectivity index is 1.66. The molecule has 0 spiro atoms. The van der Waals surface area contributed by atoms with Crippen molar-refractivity contribution in [1.82, 2.24) is 9.78 Å². The monoisotopic (exact) mass is 472 g/mol. The Kier molecular flexibility index (Phi) is 6.09. The molecule has 0 saturated heterocycles. The second kappa shape index (κ2) is 8.31. The lowest BCUT2D eigenvalue weighted by molar-refractivity contribution is 0.262. The lowest BCUT2D eigenvalue weighted by Crippen LogP contribution is -2.20. The molecule has 0 saturated carbocycles. The zero-order chi connectivity index (χ0) is 18.7. The molecule has 0 aliphatic heterocycles. The number of hydrogen-bond donors (Lipinski definition) is 2. The van der Waals surface area contributed by atoms with E-state index in [1.54, 1.807) is 47.3 Å². The summed E-state index contributed by atoms with van der Waals surface area (Å²) in [5.41, 5.74) is 1.56. The van der Waals surface area contributed by atoms with Crippen LogP contribution >= 0.6 is 50.7 Å². The van der Waals surface area contributed by atoms with E-state index < -0.39 is 6.03 Å². The van der Waals surface area contributed by atoms with Gasteiger partial charge in [0.25, 0.3) is 0 Å². The largest absolute Gasteiger partial charge is 0.324 e. The summed E-state index contributed by atoms with van der Waals surface area (Å²) in [5, 5.41) is 11.3. The Hall–Kier alpha value is -1.73. The van der Waals surface area contributed by atoms with Gasteiger partial charge < -0.3 is 5.32 Å². The highest BCUT2D eigenvalue weighted by molar-refractivity contribution is 9.10. The molecule has 0 atom stereocenters. The molecule has 2 amide bonds. The van der Waals surface area contributed by atoms with Crippen molar-refractivity contribution < 1.29 is 4.79 Å². The number of aromatic nitrogens is 2. The average Bonchev–Trinajstić information content (AvgIpc) is 2.92. The fourth-order valence-electron chi connectivity index (χ4n) is 2.19. The summed E-state index contributed by atoms with van der Waals surface area (Å²) in [6, 6.07) is 11.8. The maximum absolute atomic E-state index is 12.1. The van der Waals surface area contributed by atoms with Crippen molar-refractivity contribution in [2.24, 2.45) is 0 Å². The summed E-state index contributed by atoms with van der Waals surface area (Å²) in [5.74, 6) is 0.400. The van der Waals surface area contributed by atoms with Crippen LogP contribution in [0.1, 0.15) is 5.56 Å². The molecular weight excluding hydrogens is 462 g/mol. The second-order valence-electron chi connectivity index (χ2n) is 5.36. The van der Waals surface area contributed by atoms with Crippen LogP contribution in [0.3, 0.4) is 0 Å². The number of nitrogens with one attached hydrogen (secondary N) is 2. The smallest absolute Gasteiger partial charge is 0.308 e. The van der Waals surface area contributed by atoms with Gasteiger partial charge in [0.15, 0.2) is 5.82 Å². The highest BCUT2D eigenvalue weighted by Gasteiger charge is 2.11. The standard InChI is InChI=1S/C17H12BrCl3N4O/c18-13-9-25(8-10-1-6-14(20)15(21)7-10)24-16(13)23-17(26)22-12-4-2-11(19)3-5-12/h1-7,9H,8H2,(H2,22,23,24,26). The molecule has 26 heavy (non-hydrogen) atoms. The van der Waals surface area contributed by atoms with Gasteiger partial charge in [-0.05, 0) is 57.9 Å². The lowest BCUT2D eigenvalue weighted by atomic mass is 10.2. The number of hydrogen-bond acceptors (Lipinski definition) is 2. The van der Waals surface area contributed by atoms with Gasteiger partial charge in [0.05, 0.1) is 21.1 Å². The highest BCUT2D eigenvalue weighted by Crippen LogP contribution is 2.25. The first-order valence-electron chi connectivity index (χ1n) is 7.41. The number of benzene rings is 2. The number of carbonyl (C=O) groups is 1. The number of amides is 2. The molecule has 5 nitrogen and oxygen atoms in total. The Bertz CT molecular complexity index is 944. The summed E-state index contributed by atoms with van der Waals surface area (Å²) < 4.78 is 2.34. The Labute approximate surface area is 173 Å². The van der Waals surface area contributed by atoms with E-state index in [0.29, 0.717) is 37.6 Å². The molecule has 0 unspecified atom stereocenters. The quantitative estimate of drug-likeness (QED) is 0.466. The molecule has 3 rings (SSSR count). The van der Waals surface area contributed by atoms with E-state index in [-0.39, 0.29) is 0 Å². The van der Waals surface area contributed by atoms with E-state index in [1.165, 1.54) is 0 Å². The summed E-state index contributed by atoms with van der Waals surface area (Å²) >= 11 is 21.2. The van der Waals surface area contributed by atoms with Crippen LogP contribution in [-0.2, 0) is 6.54 Å². The van der Waals surface area contributed by atoms with Crippen LogP contribution < -0.4 is 10.6 Å². The predicted molar refractivity (Wildman–Crippen MR) is 110 cm³/mol. The minimum Gasteiger partial charge on any atom is -0.308 e. The van der Waals surface area contributed by atoms with E-state index >= 15 is 0 Å². The van der Waals surface area contributed by atoms with Gasteiger partial charge in [0.2, 0.25) is 0 Å². The summed E-state index contributed by atoms with van der Waals surface area (Å²) in [7, 11) is 0. The second-order valence-corrected chi connectivity index (χ2v) is 7.46. The van der Waals surface area contributed by atoms with E-state index in [2.05, 4.69) is 31.7 Å². The zero-order valence-corrected chi connectivity index (χ0v) is 17.0. The third-order valence-electron chi connectivity index (χ3n) is 3.38. The van der Waals surface area contributed by atoms with E-state index in [9.17, 15) is 4.79 Å². The number of halogens is 4. The van der Waals surface area contributed by atoms with Gasteiger partial charge in [-0.25, -0.2) is 4.79 Å². The minimum atomic E-state index is -0.409. The molecule has 9 heteroatoms. The normalized spacial score (nSPS) is 10.6. The predicted octanol–water partition coefficient (Wildman–Crippen LogP) is 6.30. The van der Waals surface area contributed by atoms with Gasteiger partial charge in [-0.3, -0.25) is 10.00 Å². The van der Waals surface area contributed by atoms with E-state index in [4.69, 9.17) is 34.8 Å². The van der Waals surface area contributed by atoms with Crippen LogP contribution in [0, 0.1) is 0 Å². The topological polar surface area (TPSA) is 59.0 Å². The number of urea groups is 1. The Morgan fingerprint density at radius 3 is 2.46 bits per heavy atom. The van der Waals surface area contributed by atoms with Crippen molar-refractivity contribution in [3.8, 4) is 0 Å². The molecule has 0 aliphatic carbocycles. The maximum Gasteiger partial charge on any atom is 0.324 e. The van der Waals surface area contributed by atoms with Crippen LogP contribution in [0.5, 0.6) is 0 Å². The lowest BCUT2D eigenvalue weighted by Gasteiger charge is -2.06. The van der Waals surface area contributed by atoms with Crippen LogP contribution in [0.4, 0.5) is 16.3 Å². The number of carbonyl (C=O) groups excluding carboxylic acids is 1. The molecule has 3 aromatic rings. The number of nitrogens with zero attached hydrogens (tertiary/aromatic N) is 2. The summed E-state index contributed by atoms with van der Waals surface area (Å²) in [6.07, 6.45) is 1.76. The van der Waals surface area contributed by atoms with Crippen molar-refractivity contribution in [2.45, 2.75) is 6.54 Å². The van der Waals surface area contributed by atoms with Gasteiger partial charge in [-0.1, -0.05) is 40.9 Å². The first kappa shape index (κ1) is 19.0. The van der Waals surface area contributed by atoms with Crippen molar-refractivity contribution in [1.29, 1.82) is 0 Å². The van der Waals surface area contributed by atoms with Crippen LogP contribution in [0.15, 0.2) is 53.1 Å². The molecule has 2 N–H and O–H groups in total. The van der Waals surface area contributed by atoms with Crippen LogP contribution in [0.25, 0.3) is 0 Å². The molecular formula is C17H12BrCl3N4O. The molecule has 0 bridgehead atoms. The third kappa shape index (κ3) is 4.92. The molecule has 2 aromatic carbocycles.